The topological polar surface area (TPSA) is 6.48 Å². The average Bonchev–Trinajstić information content (AvgIpc) is 3.46. The summed E-state index contributed by atoms with van der Waals surface area (Å²) in [7, 11) is 8.34. The van der Waals surface area contributed by atoms with Crippen molar-refractivity contribution in [2.45, 2.75) is 11.8 Å². The van der Waals surface area contributed by atoms with Gasteiger partial charge in [-0.25, -0.2) is 0 Å². The first kappa shape index (κ1) is 30.4. The van der Waals surface area contributed by atoms with E-state index in [2.05, 4.69) is 138 Å². The predicted octanol–water partition coefficient (Wildman–Crippen LogP) is -0.498. The van der Waals surface area contributed by atoms with Gasteiger partial charge in [0.1, 0.15) is 0 Å². The Balaban J connectivity index is 0.00000181. The number of anilines is 2. The standard InChI is InChI=1S/C28H30N2.2ClH.Ti/c1-29(2)25-17-13-23(14-18-25)27(21-9-5-6-10-21)28(22-11-7-8-12-22)24-15-19-26(20-16-24)30(3)4;;;/h5-20,27-28H,1-4H3;2*1H;/q;;;+4/p-2/t27-,28-;;;/m1.../s1. The molecule has 0 aromatic heterocycles. The van der Waals surface area contributed by atoms with E-state index >= 15 is 0 Å². The normalized spacial score (nSPS) is 17.9. The second-order valence-electron chi connectivity index (χ2n) is 8.36. The average molecular weight is 513 g/mol. The van der Waals surface area contributed by atoms with Crippen molar-refractivity contribution in [2.24, 2.45) is 0 Å². The molecule has 33 heavy (non-hydrogen) atoms. The second-order valence-corrected chi connectivity index (χ2v) is 8.36. The van der Waals surface area contributed by atoms with Crippen LogP contribution in [0.1, 0.15) is 23.0 Å². The summed E-state index contributed by atoms with van der Waals surface area (Å²) in [5, 5.41) is 0. The molecule has 168 valence electrons. The van der Waals surface area contributed by atoms with Crippen molar-refractivity contribution in [1.82, 2.24) is 0 Å². The van der Waals surface area contributed by atoms with E-state index in [1.807, 2.05) is 0 Å². The third-order valence-corrected chi connectivity index (χ3v) is 5.97. The van der Waals surface area contributed by atoms with Crippen LogP contribution in [-0.2, 0) is 21.7 Å². The van der Waals surface area contributed by atoms with E-state index in [9.17, 15) is 0 Å². The molecule has 0 bridgehead atoms. The van der Waals surface area contributed by atoms with Crippen molar-refractivity contribution in [3.05, 3.63) is 123 Å². The molecule has 10 radical (unpaired) electrons. The van der Waals surface area contributed by atoms with E-state index in [1.165, 1.54) is 34.3 Å². The molecule has 0 heterocycles. The maximum Gasteiger partial charge on any atom is 4.00 e. The fraction of sp³-hybridized carbons (Fsp3) is 0.214. The van der Waals surface area contributed by atoms with Gasteiger partial charge in [0.25, 0.3) is 0 Å². The number of rotatable bonds is 7. The largest absolute Gasteiger partial charge is 4.00 e. The van der Waals surface area contributed by atoms with Gasteiger partial charge in [-0.15, -0.1) is 0 Å². The fourth-order valence-corrected chi connectivity index (χ4v) is 4.31. The van der Waals surface area contributed by atoms with Gasteiger partial charge in [0.2, 0.25) is 0 Å². The van der Waals surface area contributed by atoms with Gasteiger partial charge in [0.05, 0.1) is 0 Å². The first-order valence-corrected chi connectivity index (χ1v) is 10.5. The number of benzene rings is 2. The summed E-state index contributed by atoms with van der Waals surface area (Å²) < 4.78 is 0. The molecule has 0 aliphatic heterocycles. The Labute approximate surface area is 229 Å². The van der Waals surface area contributed by atoms with Gasteiger partial charge in [0.15, 0.2) is 0 Å². The summed E-state index contributed by atoms with van der Waals surface area (Å²) in [6.45, 7) is 0. The number of halogens is 2. The first-order chi connectivity index (χ1) is 14.5. The minimum Gasteiger partial charge on any atom is -1.00 e. The maximum absolute atomic E-state index is 2.29. The molecule has 2 saturated carbocycles. The van der Waals surface area contributed by atoms with Crippen molar-refractivity contribution in [1.29, 1.82) is 0 Å². The second kappa shape index (κ2) is 14.0. The van der Waals surface area contributed by atoms with Crippen LogP contribution in [0.15, 0.2) is 48.5 Å². The molecule has 5 heteroatoms. The van der Waals surface area contributed by atoms with Crippen molar-refractivity contribution >= 4 is 11.4 Å². The van der Waals surface area contributed by atoms with Gasteiger partial charge < -0.3 is 34.6 Å². The molecule has 2 aromatic rings. The minimum absolute atomic E-state index is 0. The monoisotopic (exact) mass is 512 g/mol. The third kappa shape index (κ3) is 7.17. The zero-order valence-corrected chi connectivity index (χ0v) is 22.6. The molecule has 2 aromatic carbocycles. The molecule has 2 fully saturated rings. The van der Waals surface area contributed by atoms with Crippen molar-refractivity contribution in [2.75, 3.05) is 38.0 Å². The molecular formula is C28H30Cl2N2Ti+2. The van der Waals surface area contributed by atoms with Crippen LogP contribution in [0.5, 0.6) is 0 Å². The van der Waals surface area contributed by atoms with E-state index < -0.39 is 0 Å². The van der Waals surface area contributed by atoms with Gasteiger partial charge in [-0.1, -0.05) is 24.3 Å². The van der Waals surface area contributed by atoms with Crippen LogP contribution in [0.25, 0.3) is 0 Å². The van der Waals surface area contributed by atoms with Gasteiger partial charge in [0, 0.05) is 39.6 Å². The fourth-order valence-electron chi connectivity index (χ4n) is 4.31. The van der Waals surface area contributed by atoms with Gasteiger partial charge in [-0.2, -0.15) is 0 Å². The molecular weight excluding hydrogens is 483 g/mol. The first-order valence-electron chi connectivity index (χ1n) is 10.5. The molecule has 0 amide bonds. The Kier molecular flexibility index (Phi) is 12.9. The summed E-state index contributed by atoms with van der Waals surface area (Å²) in [5.74, 6) is 3.22. The number of hydrogen-bond acceptors (Lipinski definition) is 2. The van der Waals surface area contributed by atoms with Crippen molar-refractivity contribution in [3.63, 3.8) is 0 Å². The molecule has 2 aliphatic carbocycles. The Hall–Kier alpha value is -0.666. The van der Waals surface area contributed by atoms with Crippen molar-refractivity contribution < 1.29 is 46.5 Å². The molecule has 0 N–H and O–H groups in total. The quantitative estimate of drug-likeness (QED) is 0.462. The zero-order valence-electron chi connectivity index (χ0n) is 19.5. The van der Waals surface area contributed by atoms with E-state index in [0.29, 0.717) is 0 Å². The van der Waals surface area contributed by atoms with Crippen LogP contribution in [0.4, 0.5) is 11.4 Å². The van der Waals surface area contributed by atoms with E-state index in [1.54, 1.807) is 0 Å². The van der Waals surface area contributed by atoms with Crippen LogP contribution in [0.2, 0.25) is 0 Å². The Morgan fingerprint density at radius 3 is 1.00 bits per heavy atom. The molecule has 4 rings (SSSR count). The van der Waals surface area contributed by atoms with Gasteiger partial charge in [-0.3, -0.25) is 0 Å². The molecule has 0 spiro atoms. The molecule has 2 nitrogen and oxygen atoms in total. The summed E-state index contributed by atoms with van der Waals surface area (Å²) >= 11 is 0. The van der Waals surface area contributed by atoms with Crippen molar-refractivity contribution in [3.8, 4) is 0 Å². The molecule has 0 unspecified atom stereocenters. The van der Waals surface area contributed by atoms with Gasteiger partial charge in [-0.05, 0) is 110 Å². The number of nitrogens with zero attached hydrogens (tertiary/aromatic N) is 2. The van der Waals surface area contributed by atoms with E-state index in [4.69, 9.17) is 0 Å². The van der Waals surface area contributed by atoms with Crippen LogP contribution in [0, 0.1) is 63.2 Å². The molecule has 2 atom stereocenters. The Bertz CT molecular complexity index is 726. The summed E-state index contributed by atoms with van der Waals surface area (Å²) in [6, 6.07) is 18.1. The zero-order chi connectivity index (χ0) is 21.1. The minimum atomic E-state index is 0. The number of hydrogen-bond donors (Lipinski definition) is 0. The Morgan fingerprint density at radius 1 is 0.485 bits per heavy atom. The summed E-state index contributed by atoms with van der Waals surface area (Å²) in [5.41, 5.74) is 5.13. The molecule has 0 saturated heterocycles. The third-order valence-electron chi connectivity index (χ3n) is 5.97. The maximum atomic E-state index is 2.29. The predicted molar refractivity (Wildman–Crippen MR) is 128 cm³/mol. The van der Waals surface area contributed by atoms with E-state index in [-0.39, 0.29) is 58.4 Å². The molecule has 2 aliphatic rings. The summed E-state index contributed by atoms with van der Waals surface area (Å²) in [4.78, 5) is 4.30. The van der Waals surface area contributed by atoms with Crippen LogP contribution in [-0.4, -0.2) is 28.2 Å². The van der Waals surface area contributed by atoms with Crippen LogP contribution >= 0.6 is 0 Å². The van der Waals surface area contributed by atoms with Gasteiger partial charge >= 0.3 is 21.7 Å². The Morgan fingerprint density at radius 2 is 0.758 bits per heavy atom. The summed E-state index contributed by atoms with van der Waals surface area (Å²) in [6.07, 6.45) is 17.6. The van der Waals surface area contributed by atoms with E-state index in [0.717, 1.165) is 0 Å². The smallest absolute Gasteiger partial charge is 1.00 e. The van der Waals surface area contributed by atoms with Crippen LogP contribution < -0.4 is 34.6 Å². The SMILES string of the molecule is CN(C)c1ccc([C@@H]([C]2[CH][CH][CH][CH]2)[C@H]([C]2[CH][CH][CH][CH]2)c2ccc(N(C)C)cc2)cc1.[Cl-].[Cl-].[Ti+4]. The van der Waals surface area contributed by atoms with Crippen LogP contribution in [0.3, 0.4) is 0 Å².